The summed E-state index contributed by atoms with van der Waals surface area (Å²) in [5, 5.41) is 0. The Morgan fingerprint density at radius 1 is 1.57 bits per heavy atom. The molecule has 0 aliphatic carbocycles. The summed E-state index contributed by atoms with van der Waals surface area (Å²) in [6.07, 6.45) is 0. The maximum absolute atomic E-state index is 11.7. The monoisotopic (exact) mass is 282 g/mol. The van der Waals surface area contributed by atoms with Gasteiger partial charge in [0.2, 0.25) is 10.0 Å². The number of nitrogens with two attached hydrogens (primary N) is 1. The van der Waals surface area contributed by atoms with Gasteiger partial charge in [-0.15, -0.1) is 0 Å². The van der Waals surface area contributed by atoms with E-state index in [-0.39, 0.29) is 16.1 Å². The number of hydrogen-bond acceptors (Lipinski definition) is 4. The smallest absolute Gasteiger partial charge is 0.246 e. The molecule has 7 heteroatoms. The minimum Gasteiger partial charge on any atom is -0.452 e. The van der Waals surface area contributed by atoms with Crippen molar-refractivity contribution in [1.29, 1.82) is 0 Å². The van der Waals surface area contributed by atoms with Crippen molar-refractivity contribution in [3.05, 3.63) is 16.5 Å². The van der Waals surface area contributed by atoms with Gasteiger partial charge in [-0.1, -0.05) is 0 Å². The second-order valence-electron chi connectivity index (χ2n) is 2.84. The molecule has 1 heterocycles. The van der Waals surface area contributed by atoms with Crippen LogP contribution in [0.25, 0.3) is 0 Å². The lowest BCUT2D eigenvalue weighted by Crippen LogP contribution is -2.22. The summed E-state index contributed by atoms with van der Waals surface area (Å²) < 4.78 is 29.7. The SMILES string of the molecule is CN(C)S(=O)(=O)c1cc(CN)oc1Br. The molecule has 2 N–H and O–H groups in total. The van der Waals surface area contributed by atoms with Crippen LogP contribution in [-0.4, -0.2) is 26.8 Å². The van der Waals surface area contributed by atoms with Crippen LogP contribution in [0.1, 0.15) is 5.76 Å². The summed E-state index contributed by atoms with van der Waals surface area (Å²) in [5.74, 6) is 0.428. The van der Waals surface area contributed by atoms with Crippen molar-refractivity contribution >= 4 is 26.0 Å². The average molecular weight is 283 g/mol. The van der Waals surface area contributed by atoms with E-state index in [0.717, 1.165) is 4.31 Å². The number of rotatable bonds is 3. The fourth-order valence-electron chi connectivity index (χ4n) is 0.871. The summed E-state index contributed by atoms with van der Waals surface area (Å²) in [6.45, 7) is 0.168. The normalized spacial score (nSPS) is 12.4. The lowest BCUT2D eigenvalue weighted by atomic mass is 10.5. The van der Waals surface area contributed by atoms with Crippen molar-refractivity contribution in [2.75, 3.05) is 14.1 Å². The molecule has 0 aliphatic rings. The third-order valence-corrected chi connectivity index (χ3v) is 4.34. The fourth-order valence-corrected chi connectivity index (χ4v) is 2.73. The maximum atomic E-state index is 11.7. The van der Waals surface area contributed by atoms with Crippen molar-refractivity contribution in [1.82, 2.24) is 4.31 Å². The fraction of sp³-hybridized carbons (Fsp3) is 0.429. The molecule has 80 valence electrons. The maximum Gasteiger partial charge on any atom is 0.246 e. The number of nitrogens with zero attached hydrogens (tertiary/aromatic N) is 1. The molecule has 0 atom stereocenters. The molecule has 0 amide bonds. The zero-order valence-corrected chi connectivity index (χ0v) is 10.2. The van der Waals surface area contributed by atoms with Gasteiger partial charge in [-0.3, -0.25) is 0 Å². The second kappa shape index (κ2) is 4.01. The Labute approximate surface area is 91.0 Å². The van der Waals surface area contributed by atoms with E-state index < -0.39 is 10.0 Å². The molecule has 0 spiro atoms. The Kier molecular flexibility index (Phi) is 3.36. The highest BCUT2D eigenvalue weighted by molar-refractivity contribution is 9.10. The van der Waals surface area contributed by atoms with Gasteiger partial charge in [0.05, 0.1) is 6.54 Å². The molecule has 0 saturated carbocycles. The van der Waals surface area contributed by atoms with Gasteiger partial charge in [-0.05, 0) is 15.9 Å². The van der Waals surface area contributed by atoms with Gasteiger partial charge in [-0.25, -0.2) is 12.7 Å². The van der Waals surface area contributed by atoms with Gasteiger partial charge in [-0.2, -0.15) is 0 Å². The predicted octanol–water partition coefficient (Wildman–Crippen LogP) is 0.751. The van der Waals surface area contributed by atoms with Crippen molar-refractivity contribution in [2.24, 2.45) is 5.73 Å². The van der Waals surface area contributed by atoms with E-state index >= 15 is 0 Å². The zero-order chi connectivity index (χ0) is 10.9. The lowest BCUT2D eigenvalue weighted by Gasteiger charge is -2.08. The van der Waals surface area contributed by atoms with Gasteiger partial charge in [0, 0.05) is 20.2 Å². The van der Waals surface area contributed by atoms with Crippen LogP contribution >= 0.6 is 15.9 Å². The molecule has 0 bridgehead atoms. The summed E-state index contributed by atoms with van der Waals surface area (Å²) in [7, 11) is -0.549. The molecule has 0 fully saturated rings. The number of furan rings is 1. The Hall–Kier alpha value is -0.370. The highest BCUT2D eigenvalue weighted by Gasteiger charge is 2.24. The molecule has 1 aromatic rings. The summed E-state index contributed by atoms with van der Waals surface area (Å²) >= 11 is 3.03. The lowest BCUT2D eigenvalue weighted by molar-refractivity contribution is 0.479. The Bertz CT molecular complexity index is 424. The molecule has 0 aliphatic heterocycles. The van der Waals surface area contributed by atoms with Crippen LogP contribution in [0.4, 0.5) is 0 Å². The largest absolute Gasteiger partial charge is 0.452 e. The summed E-state index contributed by atoms with van der Waals surface area (Å²) in [4.78, 5) is 0.1000. The molecule has 0 unspecified atom stereocenters. The molecule has 0 aromatic carbocycles. The first-order valence-electron chi connectivity index (χ1n) is 3.80. The summed E-state index contributed by atoms with van der Waals surface area (Å²) in [5.41, 5.74) is 5.33. The topological polar surface area (TPSA) is 76.5 Å². The standard InChI is InChI=1S/C7H11BrN2O3S/c1-10(2)14(11,12)6-3-5(4-9)13-7(6)8/h3H,4,9H2,1-2H3. The number of sulfonamides is 1. The van der Waals surface area contributed by atoms with Crippen LogP contribution in [0, 0.1) is 0 Å². The van der Waals surface area contributed by atoms with Crippen LogP contribution in [0.3, 0.4) is 0 Å². The summed E-state index contributed by atoms with van der Waals surface area (Å²) in [6, 6.07) is 1.42. The first kappa shape index (κ1) is 11.7. The van der Waals surface area contributed by atoms with Gasteiger partial charge in [0.1, 0.15) is 10.7 Å². The minimum absolute atomic E-state index is 0.1000. The van der Waals surface area contributed by atoms with E-state index in [4.69, 9.17) is 10.2 Å². The molecule has 14 heavy (non-hydrogen) atoms. The zero-order valence-electron chi connectivity index (χ0n) is 7.82. The van der Waals surface area contributed by atoms with E-state index in [1.165, 1.54) is 20.2 Å². The first-order valence-corrected chi connectivity index (χ1v) is 6.03. The van der Waals surface area contributed by atoms with E-state index in [1.807, 2.05) is 0 Å². The van der Waals surface area contributed by atoms with Gasteiger partial charge < -0.3 is 10.2 Å². The van der Waals surface area contributed by atoms with E-state index in [9.17, 15) is 8.42 Å². The third-order valence-electron chi connectivity index (χ3n) is 1.67. The third kappa shape index (κ3) is 2.00. The highest BCUT2D eigenvalue weighted by Crippen LogP contribution is 2.27. The predicted molar refractivity (Wildman–Crippen MR) is 55.2 cm³/mol. The van der Waals surface area contributed by atoms with E-state index in [2.05, 4.69) is 15.9 Å². The van der Waals surface area contributed by atoms with Crippen molar-refractivity contribution in [3.63, 3.8) is 0 Å². The highest BCUT2D eigenvalue weighted by atomic mass is 79.9. The minimum atomic E-state index is -3.46. The van der Waals surface area contributed by atoms with E-state index in [0.29, 0.717) is 5.76 Å². The van der Waals surface area contributed by atoms with Crippen LogP contribution in [0.15, 0.2) is 20.0 Å². The average Bonchev–Trinajstić information content (AvgIpc) is 2.47. The number of halogens is 1. The van der Waals surface area contributed by atoms with Gasteiger partial charge >= 0.3 is 0 Å². The molecular weight excluding hydrogens is 272 g/mol. The first-order chi connectivity index (χ1) is 6.39. The van der Waals surface area contributed by atoms with Crippen molar-refractivity contribution in [2.45, 2.75) is 11.4 Å². The van der Waals surface area contributed by atoms with Crippen molar-refractivity contribution in [3.8, 4) is 0 Å². The van der Waals surface area contributed by atoms with Crippen LogP contribution in [0.5, 0.6) is 0 Å². The van der Waals surface area contributed by atoms with Crippen LogP contribution < -0.4 is 5.73 Å². The number of hydrogen-bond donors (Lipinski definition) is 1. The molecule has 1 rings (SSSR count). The second-order valence-corrected chi connectivity index (χ2v) is 5.68. The molecule has 0 saturated heterocycles. The van der Waals surface area contributed by atoms with Crippen LogP contribution in [0.2, 0.25) is 0 Å². The van der Waals surface area contributed by atoms with Gasteiger partial charge in [0.15, 0.2) is 4.67 Å². The molecular formula is C7H11BrN2O3S. The molecule has 0 radical (unpaired) electrons. The Morgan fingerprint density at radius 2 is 2.14 bits per heavy atom. The van der Waals surface area contributed by atoms with Crippen LogP contribution in [-0.2, 0) is 16.6 Å². The van der Waals surface area contributed by atoms with E-state index in [1.54, 1.807) is 0 Å². The Balaban J connectivity index is 3.26. The Morgan fingerprint density at radius 3 is 2.50 bits per heavy atom. The quantitative estimate of drug-likeness (QED) is 0.888. The molecule has 5 nitrogen and oxygen atoms in total. The van der Waals surface area contributed by atoms with Crippen molar-refractivity contribution < 1.29 is 12.8 Å². The van der Waals surface area contributed by atoms with Gasteiger partial charge in [0.25, 0.3) is 0 Å². The molecule has 1 aromatic heterocycles.